The molecule has 1 amide bonds. The van der Waals surface area contributed by atoms with Gasteiger partial charge in [0, 0.05) is 25.9 Å². The molecule has 5 heteroatoms. The zero-order chi connectivity index (χ0) is 20.5. The summed E-state index contributed by atoms with van der Waals surface area (Å²) in [6, 6.07) is 21.0. The number of methoxy groups -OCH3 is 1. The van der Waals surface area contributed by atoms with Crippen molar-refractivity contribution in [2.75, 3.05) is 14.2 Å². The fraction of sp³-hybridized carbons (Fsp3) is 0.167. The van der Waals surface area contributed by atoms with Gasteiger partial charge in [-0.2, -0.15) is 0 Å². The van der Waals surface area contributed by atoms with E-state index < -0.39 is 0 Å². The van der Waals surface area contributed by atoms with Crippen LogP contribution >= 0.6 is 0 Å². The lowest BCUT2D eigenvalue weighted by Gasteiger charge is -2.15. The Kier molecular flexibility index (Phi) is 7.00. The van der Waals surface area contributed by atoms with Gasteiger partial charge in [0.2, 0.25) is 5.91 Å². The number of carbonyl (C=O) groups excluding carboxylic acids is 1. The number of amides is 1. The number of likely N-dealkylation sites (N-methyl/N-ethyl adjacent to an activating group) is 1. The molecule has 5 nitrogen and oxygen atoms in total. The molecule has 0 aliphatic carbocycles. The predicted molar refractivity (Wildman–Crippen MR) is 114 cm³/mol. The summed E-state index contributed by atoms with van der Waals surface area (Å²) >= 11 is 0. The maximum absolute atomic E-state index is 12.4. The quantitative estimate of drug-likeness (QED) is 0.539. The summed E-state index contributed by atoms with van der Waals surface area (Å²) in [4.78, 5) is 18.3. The van der Waals surface area contributed by atoms with E-state index in [0.29, 0.717) is 13.2 Å². The van der Waals surface area contributed by atoms with Crippen LogP contribution in [-0.4, -0.2) is 29.9 Å². The van der Waals surface area contributed by atoms with Gasteiger partial charge in [-0.25, -0.2) is 0 Å². The molecule has 1 heterocycles. The second kappa shape index (κ2) is 10.1. The SMILES string of the molecule is COc1ccc(CN(C)C(=O)/C=C/c2ccc(OCc3ccccn3)cc2)cc1. The van der Waals surface area contributed by atoms with Crippen LogP contribution in [0.4, 0.5) is 0 Å². The highest BCUT2D eigenvalue weighted by atomic mass is 16.5. The maximum Gasteiger partial charge on any atom is 0.246 e. The average Bonchev–Trinajstić information content (AvgIpc) is 2.78. The van der Waals surface area contributed by atoms with Gasteiger partial charge >= 0.3 is 0 Å². The summed E-state index contributed by atoms with van der Waals surface area (Å²) in [6.45, 7) is 0.956. The van der Waals surface area contributed by atoms with Gasteiger partial charge in [-0.3, -0.25) is 9.78 Å². The molecule has 148 valence electrons. The van der Waals surface area contributed by atoms with E-state index in [4.69, 9.17) is 9.47 Å². The third-order valence-corrected chi connectivity index (χ3v) is 4.37. The van der Waals surface area contributed by atoms with E-state index in [9.17, 15) is 4.79 Å². The van der Waals surface area contributed by atoms with Crippen molar-refractivity contribution in [3.8, 4) is 11.5 Å². The Morgan fingerprint density at radius 3 is 2.38 bits per heavy atom. The minimum absolute atomic E-state index is 0.0590. The molecule has 0 aliphatic heterocycles. The minimum Gasteiger partial charge on any atom is -0.497 e. The highest BCUT2D eigenvalue weighted by Crippen LogP contribution is 2.15. The lowest BCUT2D eigenvalue weighted by molar-refractivity contribution is -0.125. The normalized spacial score (nSPS) is 10.7. The van der Waals surface area contributed by atoms with Gasteiger partial charge < -0.3 is 14.4 Å². The van der Waals surface area contributed by atoms with Crippen molar-refractivity contribution < 1.29 is 14.3 Å². The first-order valence-electron chi connectivity index (χ1n) is 9.33. The van der Waals surface area contributed by atoms with Crippen LogP contribution in [0, 0.1) is 0 Å². The molecule has 0 fully saturated rings. The third kappa shape index (κ3) is 6.21. The molecule has 0 unspecified atom stereocenters. The topological polar surface area (TPSA) is 51.7 Å². The van der Waals surface area contributed by atoms with Gasteiger partial charge in [-0.05, 0) is 53.6 Å². The summed E-state index contributed by atoms with van der Waals surface area (Å²) in [5, 5.41) is 0. The van der Waals surface area contributed by atoms with Gasteiger partial charge in [0.1, 0.15) is 18.1 Å². The van der Waals surface area contributed by atoms with Crippen LogP contribution in [0.5, 0.6) is 11.5 Å². The number of benzene rings is 2. The van der Waals surface area contributed by atoms with E-state index in [1.807, 2.05) is 66.7 Å². The average molecular weight is 388 g/mol. The van der Waals surface area contributed by atoms with E-state index in [1.165, 1.54) is 0 Å². The minimum atomic E-state index is -0.0590. The second-order valence-electron chi connectivity index (χ2n) is 6.55. The number of hydrogen-bond acceptors (Lipinski definition) is 4. The van der Waals surface area contributed by atoms with Crippen LogP contribution in [0.2, 0.25) is 0 Å². The summed E-state index contributed by atoms with van der Waals surface area (Å²) in [5.41, 5.74) is 2.85. The van der Waals surface area contributed by atoms with Crippen LogP contribution in [0.25, 0.3) is 6.08 Å². The standard InChI is InChI=1S/C24H24N2O3/c1-26(17-20-8-11-22(28-2)12-9-20)24(27)15-10-19-6-13-23(14-7-19)29-18-21-5-3-4-16-25-21/h3-16H,17-18H2,1-2H3/b15-10+. The second-order valence-corrected chi connectivity index (χ2v) is 6.55. The van der Waals surface area contributed by atoms with Crippen molar-refractivity contribution in [3.63, 3.8) is 0 Å². The van der Waals surface area contributed by atoms with Crippen LogP contribution in [0.3, 0.4) is 0 Å². The first-order chi connectivity index (χ1) is 14.1. The van der Waals surface area contributed by atoms with Gasteiger partial charge in [0.05, 0.1) is 12.8 Å². The Hall–Kier alpha value is -3.60. The molecule has 0 saturated carbocycles. The van der Waals surface area contributed by atoms with E-state index in [2.05, 4.69) is 4.98 Å². The molecule has 0 radical (unpaired) electrons. The molecule has 3 aromatic rings. The predicted octanol–water partition coefficient (Wildman–Crippen LogP) is 4.34. The largest absolute Gasteiger partial charge is 0.497 e. The molecular weight excluding hydrogens is 364 g/mol. The van der Waals surface area contributed by atoms with Crippen molar-refractivity contribution in [1.29, 1.82) is 0 Å². The van der Waals surface area contributed by atoms with Crippen LogP contribution < -0.4 is 9.47 Å². The maximum atomic E-state index is 12.4. The van der Waals surface area contributed by atoms with Gasteiger partial charge in [0.15, 0.2) is 0 Å². The van der Waals surface area contributed by atoms with Crippen molar-refractivity contribution in [1.82, 2.24) is 9.88 Å². The molecule has 29 heavy (non-hydrogen) atoms. The first kappa shape index (κ1) is 20.1. The summed E-state index contributed by atoms with van der Waals surface area (Å²) < 4.78 is 10.9. The van der Waals surface area contributed by atoms with Crippen molar-refractivity contribution in [2.45, 2.75) is 13.2 Å². The monoisotopic (exact) mass is 388 g/mol. The molecule has 0 atom stereocenters. The highest BCUT2D eigenvalue weighted by Gasteiger charge is 2.06. The molecule has 0 aliphatic rings. The molecular formula is C24H24N2O3. The Bertz CT molecular complexity index is 936. The molecule has 0 bridgehead atoms. The Labute approximate surface area is 171 Å². The van der Waals surface area contributed by atoms with Crippen LogP contribution in [0.1, 0.15) is 16.8 Å². The number of ether oxygens (including phenoxy) is 2. The molecule has 3 rings (SSSR count). The molecule has 0 N–H and O–H groups in total. The van der Waals surface area contributed by atoms with Crippen LogP contribution in [-0.2, 0) is 17.9 Å². The fourth-order valence-electron chi connectivity index (χ4n) is 2.69. The Morgan fingerprint density at radius 1 is 1.00 bits per heavy atom. The first-order valence-corrected chi connectivity index (χ1v) is 9.33. The summed E-state index contributed by atoms with van der Waals surface area (Å²) in [6.07, 6.45) is 5.12. The number of rotatable bonds is 8. The van der Waals surface area contributed by atoms with Crippen molar-refractivity contribution in [2.24, 2.45) is 0 Å². The number of pyridine rings is 1. The van der Waals surface area contributed by atoms with Crippen molar-refractivity contribution in [3.05, 3.63) is 95.8 Å². The Balaban J connectivity index is 1.50. The molecule has 2 aromatic carbocycles. The molecule has 1 aromatic heterocycles. The van der Waals surface area contributed by atoms with E-state index in [1.54, 1.807) is 37.4 Å². The number of carbonyl (C=O) groups is 1. The fourth-order valence-corrected chi connectivity index (χ4v) is 2.69. The van der Waals surface area contributed by atoms with E-state index in [-0.39, 0.29) is 5.91 Å². The summed E-state index contributed by atoms with van der Waals surface area (Å²) in [7, 11) is 3.42. The Morgan fingerprint density at radius 2 is 1.72 bits per heavy atom. The lowest BCUT2D eigenvalue weighted by Crippen LogP contribution is -2.24. The van der Waals surface area contributed by atoms with Gasteiger partial charge in [-0.15, -0.1) is 0 Å². The van der Waals surface area contributed by atoms with E-state index >= 15 is 0 Å². The number of nitrogens with zero attached hydrogens (tertiary/aromatic N) is 2. The number of aromatic nitrogens is 1. The zero-order valence-electron chi connectivity index (χ0n) is 16.6. The molecule has 0 saturated heterocycles. The third-order valence-electron chi connectivity index (χ3n) is 4.37. The van der Waals surface area contributed by atoms with Crippen molar-refractivity contribution >= 4 is 12.0 Å². The summed E-state index contributed by atoms with van der Waals surface area (Å²) in [5.74, 6) is 1.50. The van der Waals surface area contributed by atoms with Gasteiger partial charge in [0.25, 0.3) is 0 Å². The highest BCUT2D eigenvalue weighted by molar-refractivity contribution is 5.91. The lowest BCUT2D eigenvalue weighted by atomic mass is 10.2. The van der Waals surface area contributed by atoms with E-state index in [0.717, 1.165) is 28.3 Å². The van der Waals surface area contributed by atoms with Crippen LogP contribution in [0.15, 0.2) is 79.0 Å². The zero-order valence-corrected chi connectivity index (χ0v) is 16.6. The van der Waals surface area contributed by atoms with Gasteiger partial charge in [-0.1, -0.05) is 30.3 Å². The molecule has 0 spiro atoms. The smallest absolute Gasteiger partial charge is 0.246 e. The number of hydrogen-bond donors (Lipinski definition) is 0.